The summed E-state index contributed by atoms with van der Waals surface area (Å²) in [6.07, 6.45) is 3.45. The molecule has 2 fully saturated rings. The average Bonchev–Trinajstić information content (AvgIpc) is 3.34. The summed E-state index contributed by atoms with van der Waals surface area (Å²) < 4.78 is 10.8. The van der Waals surface area contributed by atoms with Crippen LogP contribution in [-0.4, -0.2) is 30.5 Å². The molecular formula is C23H24N2O5. The summed E-state index contributed by atoms with van der Waals surface area (Å²) in [5.41, 5.74) is 0.789. The van der Waals surface area contributed by atoms with Gasteiger partial charge in [-0.15, -0.1) is 0 Å². The van der Waals surface area contributed by atoms with Crippen molar-refractivity contribution in [3.05, 3.63) is 54.1 Å². The van der Waals surface area contributed by atoms with Gasteiger partial charge in [0.25, 0.3) is 5.91 Å². The predicted molar refractivity (Wildman–Crippen MR) is 111 cm³/mol. The van der Waals surface area contributed by atoms with Gasteiger partial charge >= 0.3 is 5.97 Å². The molecule has 2 N–H and O–H groups in total. The zero-order valence-corrected chi connectivity index (χ0v) is 16.8. The molecule has 1 saturated carbocycles. The Morgan fingerprint density at radius 3 is 2.60 bits per heavy atom. The number of nitrogens with one attached hydrogen (secondary N) is 2. The number of anilines is 2. The molecule has 7 nitrogen and oxygen atoms in total. The van der Waals surface area contributed by atoms with E-state index in [1.807, 2.05) is 6.07 Å². The smallest absolute Gasteiger partial charge is 0.307 e. The van der Waals surface area contributed by atoms with Crippen LogP contribution >= 0.6 is 0 Å². The summed E-state index contributed by atoms with van der Waals surface area (Å²) in [7, 11) is 1.54. The maximum atomic E-state index is 12.9. The molecule has 30 heavy (non-hydrogen) atoms. The molecule has 1 spiro atoms. The zero-order chi connectivity index (χ0) is 21.1. The van der Waals surface area contributed by atoms with Crippen molar-refractivity contribution in [3.8, 4) is 5.75 Å². The molecule has 1 aliphatic carbocycles. The van der Waals surface area contributed by atoms with Gasteiger partial charge in [-0.05, 0) is 56.0 Å². The van der Waals surface area contributed by atoms with Crippen LogP contribution in [-0.2, 0) is 14.3 Å². The molecule has 2 aromatic carbocycles. The molecule has 156 valence electrons. The summed E-state index contributed by atoms with van der Waals surface area (Å²) in [6.45, 7) is 0. The van der Waals surface area contributed by atoms with Crippen molar-refractivity contribution >= 4 is 29.2 Å². The van der Waals surface area contributed by atoms with Gasteiger partial charge in [0.15, 0.2) is 0 Å². The van der Waals surface area contributed by atoms with Gasteiger partial charge in [0.05, 0.1) is 25.1 Å². The number of methoxy groups -OCH3 is 1. The Hall–Kier alpha value is -3.35. The van der Waals surface area contributed by atoms with Crippen molar-refractivity contribution in [2.45, 2.75) is 37.7 Å². The lowest BCUT2D eigenvalue weighted by atomic mass is 9.85. The first kappa shape index (κ1) is 19.9. The first-order chi connectivity index (χ1) is 14.5. The standard InChI is InChI=1S/C23H24N2O5/c1-29-19-10-3-2-9-18(19)25-21(27)15-7-6-8-16(13-15)24-22(28)17-14-20(26)30-23(17)11-4-5-12-23/h2-3,6-10,13,17H,4-5,11-12,14H2,1H3,(H,24,28)(H,25,27). The second-order valence-electron chi connectivity index (χ2n) is 7.73. The van der Waals surface area contributed by atoms with Crippen molar-refractivity contribution in [2.24, 2.45) is 5.92 Å². The Kier molecular flexibility index (Phi) is 5.44. The number of rotatable bonds is 5. The molecule has 2 aromatic rings. The van der Waals surface area contributed by atoms with E-state index in [4.69, 9.17) is 9.47 Å². The Labute approximate surface area is 174 Å². The number of hydrogen-bond acceptors (Lipinski definition) is 5. The Bertz CT molecular complexity index is 981. The highest BCUT2D eigenvalue weighted by Crippen LogP contribution is 2.45. The number of benzene rings is 2. The molecule has 0 aromatic heterocycles. The maximum absolute atomic E-state index is 12.9. The van der Waals surface area contributed by atoms with Crippen LogP contribution in [0.2, 0.25) is 0 Å². The van der Waals surface area contributed by atoms with Crippen LogP contribution in [0.5, 0.6) is 5.75 Å². The minimum Gasteiger partial charge on any atom is -0.495 e. The van der Waals surface area contributed by atoms with Crippen molar-refractivity contribution in [1.29, 1.82) is 0 Å². The third kappa shape index (κ3) is 3.87. The molecule has 1 heterocycles. The molecule has 4 rings (SSSR count). The van der Waals surface area contributed by atoms with Gasteiger partial charge in [0.1, 0.15) is 11.4 Å². The second kappa shape index (κ2) is 8.18. The van der Waals surface area contributed by atoms with Crippen molar-refractivity contribution in [3.63, 3.8) is 0 Å². The van der Waals surface area contributed by atoms with Gasteiger partial charge in [-0.1, -0.05) is 18.2 Å². The van der Waals surface area contributed by atoms with Crippen LogP contribution in [0.1, 0.15) is 42.5 Å². The Morgan fingerprint density at radius 2 is 1.83 bits per heavy atom. The van der Waals surface area contributed by atoms with E-state index in [1.54, 1.807) is 42.5 Å². The predicted octanol–water partition coefficient (Wildman–Crippen LogP) is 3.76. The third-order valence-electron chi connectivity index (χ3n) is 5.84. The number of esters is 1. The molecule has 7 heteroatoms. The summed E-state index contributed by atoms with van der Waals surface area (Å²) >= 11 is 0. The van der Waals surface area contributed by atoms with Crippen LogP contribution in [0.3, 0.4) is 0 Å². The largest absolute Gasteiger partial charge is 0.495 e. The normalized spacial score (nSPS) is 19.4. The van der Waals surface area contributed by atoms with E-state index in [0.717, 1.165) is 25.7 Å². The molecule has 2 aliphatic rings. The van der Waals surface area contributed by atoms with Gasteiger partial charge in [0, 0.05) is 11.3 Å². The Morgan fingerprint density at radius 1 is 1.07 bits per heavy atom. The Balaban J connectivity index is 1.47. The van der Waals surface area contributed by atoms with E-state index in [0.29, 0.717) is 22.7 Å². The van der Waals surface area contributed by atoms with E-state index >= 15 is 0 Å². The average molecular weight is 408 g/mol. The first-order valence-corrected chi connectivity index (χ1v) is 10.1. The van der Waals surface area contributed by atoms with Gasteiger partial charge in [-0.25, -0.2) is 0 Å². The van der Waals surface area contributed by atoms with Crippen molar-refractivity contribution in [1.82, 2.24) is 0 Å². The fourth-order valence-corrected chi connectivity index (χ4v) is 4.36. The van der Waals surface area contributed by atoms with Crippen LogP contribution in [0.25, 0.3) is 0 Å². The van der Waals surface area contributed by atoms with Gasteiger partial charge in [0.2, 0.25) is 5.91 Å². The summed E-state index contributed by atoms with van der Waals surface area (Å²) in [4.78, 5) is 37.5. The molecule has 1 unspecified atom stereocenters. The maximum Gasteiger partial charge on any atom is 0.307 e. The summed E-state index contributed by atoms with van der Waals surface area (Å²) in [6, 6.07) is 13.8. The minimum atomic E-state index is -0.667. The second-order valence-corrected chi connectivity index (χ2v) is 7.73. The lowest BCUT2D eigenvalue weighted by Gasteiger charge is -2.27. The fraction of sp³-hybridized carbons (Fsp3) is 0.348. The minimum absolute atomic E-state index is 0.0970. The third-order valence-corrected chi connectivity index (χ3v) is 5.84. The highest BCUT2D eigenvalue weighted by atomic mass is 16.6. The zero-order valence-electron chi connectivity index (χ0n) is 16.8. The van der Waals surface area contributed by atoms with Gasteiger partial charge < -0.3 is 20.1 Å². The number of carbonyl (C=O) groups excluding carboxylic acids is 3. The van der Waals surface area contributed by atoms with Crippen LogP contribution in [0.4, 0.5) is 11.4 Å². The van der Waals surface area contributed by atoms with Gasteiger partial charge in [-0.2, -0.15) is 0 Å². The highest BCUT2D eigenvalue weighted by Gasteiger charge is 2.53. The monoisotopic (exact) mass is 408 g/mol. The van der Waals surface area contributed by atoms with Crippen LogP contribution in [0, 0.1) is 5.92 Å². The topological polar surface area (TPSA) is 93.7 Å². The van der Waals surface area contributed by atoms with E-state index in [1.165, 1.54) is 7.11 Å². The summed E-state index contributed by atoms with van der Waals surface area (Å²) in [5, 5.41) is 5.68. The molecule has 1 saturated heterocycles. The molecule has 2 amide bonds. The van der Waals surface area contributed by atoms with Crippen LogP contribution < -0.4 is 15.4 Å². The first-order valence-electron chi connectivity index (χ1n) is 10.1. The molecule has 0 bridgehead atoms. The molecular weight excluding hydrogens is 384 g/mol. The number of hydrogen-bond donors (Lipinski definition) is 2. The number of carbonyl (C=O) groups is 3. The number of ether oxygens (including phenoxy) is 2. The fourth-order valence-electron chi connectivity index (χ4n) is 4.36. The quantitative estimate of drug-likeness (QED) is 0.735. The van der Waals surface area contributed by atoms with Crippen molar-refractivity contribution < 1.29 is 23.9 Å². The van der Waals surface area contributed by atoms with Crippen molar-refractivity contribution in [2.75, 3.05) is 17.7 Å². The van der Waals surface area contributed by atoms with E-state index in [-0.39, 0.29) is 24.2 Å². The SMILES string of the molecule is COc1ccccc1NC(=O)c1cccc(NC(=O)C2CC(=O)OC23CCCC3)c1. The number of amides is 2. The lowest BCUT2D eigenvalue weighted by molar-refractivity contribution is -0.149. The molecule has 0 radical (unpaired) electrons. The highest BCUT2D eigenvalue weighted by molar-refractivity contribution is 6.06. The molecule has 1 atom stereocenters. The van der Waals surface area contributed by atoms with Gasteiger partial charge in [-0.3, -0.25) is 14.4 Å². The molecule has 1 aliphatic heterocycles. The van der Waals surface area contributed by atoms with E-state index in [2.05, 4.69) is 10.6 Å². The number of para-hydroxylation sites is 2. The lowest BCUT2D eigenvalue weighted by Crippen LogP contribution is -2.39. The van der Waals surface area contributed by atoms with E-state index in [9.17, 15) is 14.4 Å². The van der Waals surface area contributed by atoms with Crippen LogP contribution in [0.15, 0.2) is 48.5 Å². The summed E-state index contributed by atoms with van der Waals surface area (Å²) in [5.74, 6) is -0.823. The van der Waals surface area contributed by atoms with E-state index < -0.39 is 11.5 Å².